The van der Waals surface area contributed by atoms with Crippen molar-refractivity contribution in [2.75, 3.05) is 0 Å². The quantitative estimate of drug-likeness (QED) is 0.761. The van der Waals surface area contributed by atoms with E-state index in [0.29, 0.717) is 6.54 Å². The van der Waals surface area contributed by atoms with Crippen molar-refractivity contribution in [2.45, 2.75) is 25.9 Å². The van der Waals surface area contributed by atoms with Crippen LogP contribution >= 0.6 is 0 Å². The lowest BCUT2D eigenvalue weighted by molar-refractivity contribution is -0.121. The monoisotopic (exact) mass is 301 g/mol. The average molecular weight is 301 g/mol. The predicted molar refractivity (Wildman–Crippen MR) is 81.8 cm³/mol. The van der Waals surface area contributed by atoms with Crippen LogP contribution in [0.15, 0.2) is 47.3 Å². The minimum absolute atomic E-state index is 0.117. The van der Waals surface area contributed by atoms with Crippen LogP contribution in [-0.4, -0.2) is 11.9 Å². The van der Waals surface area contributed by atoms with Gasteiger partial charge in [-0.05, 0) is 24.1 Å². The number of benzene rings is 1. The Bertz CT molecular complexity index is 638. The maximum absolute atomic E-state index is 12.1. The summed E-state index contributed by atoms with van der Waals surface area (Å²) in [5.41, 5.74) is 7.96. The smallest absolute Gasteiger partial charge is 0.312 e. The van der Waals surface area contributed by atoms with E-state index in [9.17, 15) is 9.59 Å². The molecule has 0 radical (unpaired) electrons. The number of nitrogens with one attached hydrogen (secondary N) is 2. The van der Waals surface area contributed by atoms with Gasteiger partial charge < -0.3 is 20.8 Å². The number of aryl methyl sites for hydroxylation is 1. The molecule has 2 rings (SSSR count). The van der Waals surface area contributed by atoms with E-state index in [1.165, 1.54) is 0 Å². The molecular weight excluding hydrogens is 282 g/mol. The number of urea groups is 1. The van der Waals surface area contributed by atoms with Gasteiger partial charge in [0.05, 0.1) is 25.0 Å². The Hall–Kier alpha value is -2.76. The van der Waals surface area contributed by atoms with Crippen molar-refractivity contribution in [3.63, 3.8) is 0 Å². The molecule has 1 aromatic heterocycles. The molecule has 0 saturated heterocycles. The summed E-state index contributed by atoms with van der Waals surface area (Å²) in [7, 11) is 0. The first kappa shape index (κ1) is 15.6. The van der Waals surface area contributed by atoms with Crippen molar-refractivity contribution >= 4 is 11.9 Å². The summed E-state index contributed by atoms with van der Waals surface area (Å²) in [6, 6.07) is 8.23. The summed E-state index contributed by atoms with van der Waals surface area (Å²) in [5.74, 6) is -0.178. The Morgan fingerprint density at radius 2 is 2.05 bits per heavy atom. The van der Waals surface area contributed by atoms with Gasteiger partial charge in [0.1, 0.15) is 0 Å². The molecule has 6 nitrogen and oxygen atoms in total. The fourth-order valence-electron chi connectivity index (χ4n) is 2.24. The van der Waals surface area contributed by atoms with E-state index in [1.54, 1.807) is 18.6 Å². The van der Waals surface area contributed by atoms with Crippen LogP contribution in [0.4, 0.5) is 4.79 Å². The Morgan fingerprint density at radius 3 is 2.68 bits per heavy atom. The van der Waals surface area contributed by atoms with E-state index >= 15 is 0 Å². The summed E-state index contributed by atoms with van der Waals surface area (Å²) in [6.45, 7) is 2.31. The summed E-state index contributed by atoms with van der Waals surface area (Å²) in [6.07, 6.45) is 3.23. The molecule has 1 heterocycles. The first-order valence-corrected chi connectivity index (χ1v) is 6.95. The number of primary amides is 1. The van der Waals surface area contributed by atoms with Crippen molar-refractivity contribution in [1.82, 2.24) is 10.6 Å². The van der Waals surface area contributed by atoms with Gasteiger partial charge in [-0.3, -0.25) is 4.79 Å². The summed E-state index contributed by atoms with van der Waals surface area (Å²) >= 11 is 0. The summed E-state index contributed by atoms with van der Waals surface area (Å²) < 4.78 is 4.94. The second-order valence-corrected chi connectivity index (χ2v) is 5.03. The minimum atomic E-state index is -0.657. The molecule has 6 heteroatoms. The van der Waals surface area contributed by atoms with Gasteiger partial charge in [0, 0.05) is 12.1 Å². The largest absolute Gasteiger partial charge is 0.472 e. The summed E-state index contributed by atoms with van der Waals surface area (Å²) in [5, 5.41) is 5.41. The maximum atomic E-state index is 12.1. The zero-order valence-corrected chi connectivity index (χ0v) is 12.3. The highest BCUT2D eigenvalue weighted by Crippen LogP contribution is 2.20. The Kier molecular flexibility index (Phi) is 5.19. The van der Waals surface area contributed by atoms with Crippen LogP contribution in [-0.2, 0) is 11.3 Å². The van der Waals surface area contributed by atoms with Gasteiger partial charge in [-0.25, -0.2) is 4.79 Å². The molecule has 0 spiro atoms. The zero-order chi connectivity index (χ0) is 15.9. The lowest BCUT2D eigenvalue weighted by atomic mass is 9.98. The molecule has 1 atom stereocenters. The van der Waals surface area contributed by atoms with Crippen molar-refractivity contribution in [3.8, 4) is 0 Å². The molecule has 1 unspecified atom stereocenters. The highest BCUT2D eigenvalue weighted by molar-refractivity contribution is 5.78. The zero-order valence-electron chi connectivity index (χ0n) is 12.3. The number of nitrogens with two attached hydrogens (primary N) is 1. The number of hydrogen-bond donors (Lipinski definition) is 3. The van der Waals surface area contributed by atoms with Crippen molar-refractivity contribution in [1.29, 1.82) is 0 Å². The van der Waals surface area contributed by atoms with Crippen molar-refractivity contribution in [2.24, 2.45) is 5.73 Å². The lowest BCUT2D eigenvalue weighted by Crippen LogP contribution is -2.36. The van der Waals surface area contributed by atoms with Crippen LogP contribution in [0.5, 0.6) is 0 Å². The molecule has 0 aliphatic carbocycles. The third kappa shape index (κ3) is 4.37. The van der Waals surface area contributed by atoms with E-state index < -0.39 is 12.1 Å². The number of furan rings is 1. The van der Waals surface area contributed by atoms with E-state index in [-0.39, 0.29) is 12.3 Å². The Balaban J connectivity index is 2.01. The first-order valence-electron chi connectivity index (χ1n) is 6.95. The van der Waals surface area contributed by atoms with Crippen LogP contribution in [0.1, 0.15) is 29.2 Å². The third-order valence-corrected chi connectivity index (χ3v) is 3.34. The molecule has 0 saturated carbocycles. The molecule has 1 aromatic carbocycles. The second-order valence-electron chi connectivity index (χ2n) is 5.03. The van der Waals surface area contributed by atoms with Crippen LogP contribution in [0.2, 0.25) is 0 Å². The van der Waals surface area contributed by atoms with E-state index in [0.717, 1.165) is 16.7 Å². The normalized spacial score (nSPS) is 11.7. The number of amides is 3. The molecule has 2 aromatic rings. The van der Waals surface area contributed by atoms with Crippen LogP contribution in [0.3, 0.4) is 0 Å². The fraction of sp³-hybridized carbons (Fsp3) is 0.250. The molecule has 0 aliphatic rings. The molecular formula is C16H19N3O3. The van der Waals surface area contributed by atoms with E-state index in [2.05, 4.69) is 10.6 Å². The predicted octanol–water partition coefficient (Wildman–Crippen LogP) is 2.00. The minimum Gasteiger partial charge on any atom is -0.472 e. The highest BCUT2D eigenvalue weighted by atomic mass is 16.3. The molecule has 116 valence electrons. The highest BCUT2D eigenvalue weighted by Gasteiger charge is 2.18. The molecule has 3 amide bonds. The number of hydrogen-bond acceptors (Lipinski definition) is 3. The molecule has 0 bridgehead atoms. The van der Waals surface area contributed by atoms with Crippen LogP contribution in [0, 0.1) is 6.92 Å². The van der Waals surface area contributed by atoms with Gasteiger partial charge in [-0.2, -0.15) is 0 Å². The van der Waals surface area contributed by atoms with Crippen molar-refractivity contribution in [3.05, 3.63) is 59.5 Å². The molecule has 0 aliphatic heterocycles. The number of carbonyl (C=O) groups excluding carboxylic acids is 2. The van der Waals surface area contributed by atoms with Gasteiger partial charge in [-0.1, -0.05) is 24.3 Å². The molecule has 22 heavy (non-hydrogen) atoms. The van der Waals surface area contributed by atoms with Gasteiger partial charge >= 0.3 is 6.03 Å². The molecule has 0 fully saturated rings. The Labute approximate surface area is 128 Å². The SMILES string of the molecule is Cc1ccccc1C(CC(=O)NCc1ccoc1)NC(N)=O. The number of rotatable bonds is 6. The van der Waals surface area contributed by atoms with Gasteiger partial charge in [0.2, 0.25) is 5.91 Å². The number of carbonyl (C=O) groups is 2. The lowest BCUT2D eigenvalue weighted by Gasteiger charge is -2.19. The maximum Gasteiger partial charge on any atom is 0.312 e. The fourth-order valence-corrected chi connectivity index (χ4v) is 2.24. The Morgan fingerprint density at radius 1 is 1.27 bits per heavy atom. The summed E-state index contributed by atoms with van der Waals surface area (Å²) in [4.78, 5) is 23.3. The average Bonchev–Trinajstić information content (AvgIpc) is 2.98. The van der Waals surface area contributed by atoms with Crippen molar-refractivity contribution < 1.29 is 14.0 Å². The topological polar surface area (TPSA) is 97.4 Å². The first-order chi connectivity index (χ1) is 10.6. The molecule has 4 N–H and O–H groups in total. The van der Waals surface area contributed by atoms with Gasteiger partial charge in [0.25, 0.3) is 0 Å². The van der Waals surface area contributed by atoms with E-state index in [1.807, 2.05) is 31.2 Å². The third-order valence-electron chi connectivity index (χ3n) is 3.34. The van der Waals surface area contributed by atoms with Crippen LogP contribution < -0.4 is 16.4 Å². The van der Waals surface area contributed by atoms with Gasteiger partial charge in [0.15, 0.2) is 0 Å². The van der Waals surface area contributed by atoms with Gasteiger partial charge in [-0.15, -0.1) is 0 Å². The van der Waals surface area contributed by atoms with Crippen LogP contribution in [0.25, 0.3) is 0 Å². The standard InChI is InChI=1S/C16H19N3O3/c1-11-4-2-3-5-13(11)14(19-16(17)21)8-15(20)18-9-12-6-7-22-10-12/h2-7,10,14H,8-9H2,1H3,(H,18,20)(H3,17,19,21). The van der Waals surface area contributed by atoms with E-state index in [4.69, 9.17) is 10.2 Å². The second kappa shape index (κ2) is 7.31.